The lowest BCUT2D eigenvalue weighted by atomic mass is 10.1. The summed E-state index contributed by atoms with van der Waals surface area (Å²) in [6, 6.07) is 10.5. The Balaban J connectivity index is 1.80. The number of Topliss-reactive ketones (excluding diaryl/α,β-unsaturated/α-hetero) is 1. The number of hydrogen-bond donors (Lipinski definition) is 0. The minimum absolute atomic E-state index is 0.0227. The monoisotopic (exact) mass is 382 g/mol. The first-order valence-electron chi connectivity index (χ1n) is 9.25. The van der Waals surface area contributed by atoms with Gasteiger partial charge in [-0.1, -0.05) is 36.4 Å². The van der Waals surface area contributed by atoms with E-state index < -0.39 is 0 Å². The van der Waals surface area contributed by atoms with Crippen molar-refractivity contribution in [3.63, 3.8) is 0 Å². The summed E-state index contributed by atoms with van der Waals surface area (Å²) in [6.45, 7) is 12.3. The number of benzene rings is 1. The summed E-state index contributed by atoms with van der Waals surface area (Å²) in [5, 5.41) is 0. The van der Waals surface area contributed by atoms with Crippen LogP contribution in [0.15, 0.2) is 43.0 Å². The zero-order valence-corrected chi connectivity index (χ0v) is 16.8. The van der Waals surface area contributed by atoms with Crippen molar-refractivity contribution in [1.29, 1.82) is 0 Å². The zero-order chi connectivity index (χ0) is 19.4. The lowest BCUT2D eigenvalue weighted by molar-refractivity contribution is 0.101. The van der Waals surface area contributed by atoms with Gasteiger partial charge in [0, 0.05) is 45.0 Å². The Kier molecular flexibility index (Phi) is 6.19. The van der Waals surface area contributed by atoms with E-state index in [-0.39, 0.29) is 5.78 Å². The van der Waals surface area contributed by atoms with Gasteiger partial charge in [-0.2, -0.15) is 0 Å². The topological polar surface area (TPSA) is 41.4 Å². The maximum absolute atomic E-state index is 12.4. The third-order valence-electron chi connectivity index (χ3n) is 5.01. The van der Waals surface area contributed by atoms with Crippen molar-refractivity contribution in [2.24, 2.45) is 0 Å². The summed E-state index contributed by atoms with van der Waals surface area (Å²) in [6.07, 6.45) is 1.77. The molecule has 0 N–H and O–H groups in total. The van der Waals surface area contributed by atoms with Gasteiger partial charge in [0.05, 0.1) is 5.56 Å². The largest absolute Gasteiger partial charge is 0.353 e. The van der Waals surface area contributed by atoms with Gasteiger partial charge in [-0.25, -0.2) is 4.98 Å². The highest BCUT2D eigenvalue weighted by atomic mass is 32.1. The number of rotatable bonds is 6. The van der Waals surface area contributed by atoms with Crippen LogP contribution in [0.3, 0.4) is 0 Å². The third kappa shape index (κ3) is 4.34. The van der Waals surface area contributed by atoms with E-state index in [4.69, 9.17) is 12.2 Å². The predicted octanol–water partition coefficient (Wildman–Crippen LogP) is 3.63. The smallest absolute Gasteiger partial charge is 0.201 e. The second-order valence-corrected chi connectivity index (χ2v) is 7.25. The molecule has 3 rings (SSSR count). The molecule has 2 heterocycles. The van der Waals surface area contributed by atoms with Gasteiger partial charge in [0.15, 0.2) is 5.78 Å². The molecule has 0 bridgehead atoms. The van der Waals surface area contributed by atoms with Gasteiger partial charge >= 0.3 is 0 Å². The maximum atomic E-state index is 12.4. The average molecular weight is 383 g/mol. The van der Waals surface area contributed by atoms with E-state index in [9.17, 15) is 4.79 Å². The molecule has 0 atom stereocenters. The van der Waals surface area contributed by atoms with Crippen molar-refractivity contribution in [2.75, 3.05) is 31.1 Å². The van der Waals surface area contributed by atoms with Crippen LogP contribution >= 0.6 is 12.2 Å². The Hall–Kier alpha value is -2.31. The first-order chi connectivity index (χ1) is 13.0. The number of carbonyl (C=O) groups is 1. The summed E-state index contributed by atoms with van der Waals surface area (Å²) in [5.74, 6) is 0.749. The number of allylic oxidation sites excluding steroid dienone is 1. The van der Waals surface area contributed by atoms with Crippen molar-refractivity contribution in [3.8, 4) is 0 Å². The molecule has 0 radical (unpaired) electrons. The Morgan fingerprint density at radius 3 is 2.48 bits per heavy atom. The lowest BCUT2D eigenvalue weighted by Gasteiger charge is -2.36. The molecule has 1 aliphatic rings. The van der Waals surface area contributed by atoms with Gasteiger partial charge in [0.1, 0.15) is 5.82 Å². The van der Waals surface area contributed by atoms with Gasteiger partial charge in [0.25, 0.3) is 0 Å². The molecule has 1 aliphatic heterocycles. The SMILES string of the molecule is C=CCn1c(C)c(C(C)=O)c(N2CCN(Cc3ccccc3)CC2)nc1=S. The molecule has 1 fully saturated rings. The average Bonchev–Trinajstić information content (AvgIpc) is 2.66. The molecule has 142 valence electrons. The summed E-state index contributed by atoms with van der Waals surface area (Å²) >= 11 is 5.47. The fourth-order valence-electron chi connectivity index (χ4n) is 3.59. The maximum Gasteiger partial charge on any atom is 0.201 e. The van der Waals surface area contributed by atoms with Crippen LogP contribution in [0, 0.1) is 11.7 Å². The molecule has 0 aliphatic carbocycles. The first-order valence-corrected chi connectivity index (χ1v) is 9.66. The number of carbonyl (C=O) groups excluding carboxylic acids is 1. The van der Waals surface area contributed by atoms with Crippen molar-refractivity contribution in [1.82, 2.24) is 14.5 Å². The molecule has 0 saturated carbocycles. The van der Waals surface area contributed by atoms with Gasteiger partial charge < -0.3 is 9.47 Å². The zero-order valence-electron chi connectivity index (χ0n) is 16.0. The van der Waals surface area contributed by atoms with Crippen LogP contribution in [0.2, 0.25) is 0 Å². The van der Waals surface area contributed by atoms with Gasteiger partial charge in [-0.05, 0) is 31.6 Å². The van der Waals surface area contributed by atoms with Crippen molar-refractivity contribution in [3.05, 3.63) is 64.6 Å². The van der Waals surface area contributed by atoms with Crippen LogP contribution in [0.25, 0.3) is 0 Å². The standard InChI is InChI=1S/C21H26N4OS/c1-4-10-25-16(2)19(17(3)26)20(22-21(25)27)24-13-11-23(12-14-24)15-18-8-6-5-7-9-18/h4-9H,1,10-15H2,2-3H3. The van der Waals surface area contributed by atoms with E-state index in [2.05, 4.69) is 45.6 Å². The van der Waals surface area contributed by atoms with Crippen LogP contribution in [0.4, 0.5) is 5.82 Å². The van der Waals surface area contributed by atoms with Gasteiger partial charge in [0.2, 0.25) is 4.77 Å². The van der Waals surface area contributed by atoms with Crippen molar-refractivity contribution < 1.29 is 4.79 Å². The summed E-state index contributed by atoms with van der Waals surface area (Å²) in [4.78, 5) is 21.6. The van der Waals surface area contributed by atoms with Gasteiger partial charge in [-0.3, -0.25) is 9.69 Å². The number of nitrogens with zero attached hydrogens (tertiary/aromatic N) is 4. The fourth-order valence-corrected chi connectivity index (χ4v) is 3.89. The van der Waals surface area contributed by atoms with Crippen molar-refractivity contribution >= 4 is 23.8 Å². The van der Waals surface area contributed by atoms with E-state index in [1.54, 1.807) is 13.0 Å². The molecule has 1 aromatic heterocycles. The second-order valence-electron chi connectivity index (χ2n) is 6.88. The molecule has 0 spiro atoms. The molecular formula is C21H26N4OS. The molecule has 2 aromatic rings. The fraction of sp³-hybridized carbons (Fsp3) is 0.381. The Bertz CT molecular complexity index is 883. The molecule has 27 heavy (non-hydrogen) atoms. The van der Waals surface area contributed by atoms with E-state index >= 15 is 0 Å². The van der Waals surface area contributed by atoms with Crippen LogP contribution in [0.1, 0.15) is 28.5 Å². The molecule has 1 aromatic carbocycles. The number of aromatic nitrogens is 2. The number of ketones is 1. The Morgan fingerprint density at radius 2 is 1.89 bits per heavy atom. The van der Waals surface area contributed by atoms with Crippen LogP contribution in [0.5, 0.6) is 0 Å². The molecule has 6 heteroatoms. The van der Waals surface area contributed by atoms with E-state index in [0.717, 1.165) is 44.2 Å². The van der Waals surface area contributed by atoms with Crippen molar-refractivity contribution in [2.45, 2.75) is 26.9 Å². The van der Waals surface area contributed by atoms with E-state index in [1.807, 2.05) is 17.6 Å². The first kappa shape index (κ1) is 19.5. The van der Waals surface area contributed by atoms with E-state index in [1.165, 1.54) is 5.56 Å². The summed E-state index contributed by atoms with van der Waals surface area (Å²) < 4.78 is 2.37. The lowest BCUT2D eigenvalue weighted by Crippen LogP contribution is -2.47. The molecule has 5 nitrogen and oxygen atoms in total. The highest BCUT2D eigenvalue weighted by Gasteiger charge is 2.24. The highest BCUT2D eigenvalue weighted by Crippen LogP contribution is 2.24. The van der Waals surface area contributed by atoms with E-state index in [0.29, 0.717) is 16.9 Å². The van der Waals surface area contributed by atoms with Crippen LogP contribution in [-0.4, -0.2) is 46.4 Å². The number of hydrogen-bond acceptors (Lipinski definition) is 5. The normalized spacial score (nSPS) is 15.0. The minimum Gasteiger partial charge on any atom is -0.353 e. The second kappa shape index (κ2) is 8.59. The minimum atomic E-state index is 0.0227. The summed E-state index contributed by atoms with van der Waals surface area (Å²) in [7, 11) is 0. The number of piperazine rings is 1. The molecule has 0 unspecified atom stereocenters. The highest BCUT2D eigenvalue weighted by molar-refractivity contribution is 7.71. The Morgan fingerprint density at radius 1 is 1.22 bits per heavy atom. The number of anilines is 1. The third-order valence-corrected chi connectivity index (χ3v) is 5.32. The van der Waals surface area contributed by atoms with Crippen LogP contribution in [-0.2, 0) is 13.1 Å². The quantitative estimate of drug-likeness (QED) is 0.433. The van der Waals surface area contributed by atoms with Crippen LogP contribution < -0.4 is 4.90 Å². The van der Waals surface area contributed by atoms with Gasteiger partial charge in [-0.15, -0.1) is 6.58 Å². The molecule has 1 saturated heterocycles. The molecular weight excluding hydrogens is 356 g/mol. The molecule has 0 amide bonds. The summed E-state index contributed by atoms with van der Waals surface area (Å²) in [5.41, 5.74) is 2.86. The predicted molar refractivity (Wildman–Crippen MR) is 112 cm³/mol. The Labute approximate surface area is 165 Å².